The highest BCUT2D eigenvalue weighted by atomic mass is 19.4. The Kier molecular flexibility index (Phi) is 5.85. The maximum Gasteiger partial charge on any atom is 0.573 e. The number of carbonyl (C=O) groups is 1. The summed E-state index contributed by atoms with van der Waals surface area (Å²) in [5.41, 5.74) is 6.54. The van der Waals surface area contributed by atoms with Crippen LogP contribution in [-0.2, 0) is 9.53 Å². The normalized spacial score (nSPS) is 21.8. The van der Waals surface area contributed by atoms with E-state index in [1.54, 1.807) is 13.8 Å². The Morgan fingerprint density at radius 1 is 1.33 bits per heavy atom. The second-order valence-electron chi connectivity index (χ2n) is 8.31. The van der Waals surface area contributed by atoms with Crippen LogP contribution in [0.2, 0.25) is 0 Å². The lowest BCUT2D eigenvalue weighted by Gasteiger charge is -2.29. The van der Waals surface area contributed by atoms with E-state index in [2.05, 4.69) is 30.1 Å². The summed E-state index contributed by atoms with van der Waals surface area (Å²) < 4.78 is 44.1. The zero-order valence-electron chi connectivity index (χ0n) is 18.3. The summed E-state index contributed by atoms with van der Waals surface area (Å²) in [5.74, 6) is -0.209. The van der Waals surface area contributed by atoms with Crippen LogP contribution in [0.25, 0.3) is 5.82 Å². The molecule has 0 radical (unpaired) electrons. The number of alkyl halides is 3. The fourth-order valence-electron chi connectivity index (χ4n) is 4.01. The molecule has 1 amide bonds. The third-order valence-corrected chi connectivity index (χ3v) is 5.68. The molecule has 0 saturated heterocycles. The molecule has 2 heterocycles. The van der Waals surface area contributed by atoms with Crippen LogP contribution < -0.4 is 11.1 Å². The third kappa shape index (κ3) is 5.15. The number of aromatic nitrogens is 5. The molecule has 2 unspecified atom stereocenters. The van der Waals surface area contributed by atoms with Crippen molar-refractivity contribution in [2.75, 3.05) is 5.73 Å². The number of nitrogen functional groups attached to an aromatic ring is 1. The fourth-order valence-corrected chi connectivity index (χ4v) is 4.01. The summed E-state index contributed by atoms with van der Waals surface area (Å²) in [6.07, 6.45) is 0.890. The lowest BCUT2D eigenvalue weighted by atomic mass is 9.80. The molecule has 2 aliphatic rings. The van der Waals surface area contributed by atoms with E-state index in [1.807, 2.05) is 6.92 Å². The van der Waals surface area contributed by atoms with Crippen molar-refractivity contribution in [3.05, 3.63) is 47.5 Å². The molecule has 0 bridgehead atoms. The Morgan fingerprint density at radius 2 is 2.06 bits per heavy atom. The number of halogens is 3. The molecule has 176 valence electrons. The first kappa shape index (κ1) is 22.7. The molecule has 2 aliphatic carbocycles. The standard InChI is InChI=1S/C21H24F3N7O2/c1-10-15(13-4-5-13)6-14(33-21(22,23)24)7-16(10)20(32)28-11(2)19-29-12(3)30-31(19)18-8-17(25)26-9-27-18/h6-11,13,16H,4-5H2,1-3H3,(H,28,32)(H2,25,26,27)/t10?,11-,16?/m0/s1. The van der Waals surface area contributed by atoms with E-state index >= 15 is 0 Å². The molecule has 4 rings (SSSR count). The second-order valence-corrected chi connectivity index (χ2v) is 8.31. The first-order valence-corrected chi connectivity index (χ1v) is 10.5. The molecule has 12 heteroatoms. The maximum absolute atomic E-state index is 13.2. The van der Waals surface area contributed by atoms with Gasteiger partial charge in [0, 0.05) is 6.07 Å². The number of ether oxygens (including phenoxy) is 1. The number of nitrogens with one attached hydrogen (secondary N) is 1. The Hall–Kier alpha value is -3.44. The van der Waals surface area contributed by atoms with E-state index in [9.17, 15) is 18.0 Å². The van der Waals surface area contributed by atoms with Crippen LogP contribution in [0, 0.1) is 24.7 Å². The Balaban J connectivity index is 1.57. The van der Waals surface area contributed by atoms with Crippen molar-refractivity contribution in [2.45, 2.75) is 46.0 Å². The SMILES string of the molecule is Cc1nc([C@H](C)NC(=O)C2C=C(OC(F)(F)F)C=C(C3CC3)C2C)n(-c2cc(N)ncn2)n1. The van der Waals surface area contributed by atoms with Crippen molar-refractivity contribution in [1.29, 1.82) is 0 Å². The van der Waals surface area contributed by atoms with Gasteiger partial charge in [0.05, 0.1) is 12.0 Å². The lowest BCUT2D eigenvalue weighted by Crippen LogP contribution is -2.38. The van der Waals surface area contributed by atoms with Crippen LogP contribution in [0.3, 0.4) is 0 Å². The summed E-state index contributed by atoms with van der Waals surface area (Å²) in [6, 6.07) is 0.906. The highest BCUT2D eigenvalue weighted by molar-refractivity contribution is 5.82. The number of anilines is 1. The summed E-state index contributed by atoms with van der Waals surface area (Å²) in [4.78, 5) is 25.6. The smallest absolute Gasteiger partial charge is 0.406 e. The monoisotopic (exact) mass is 463 g/mol. The maximum atomic E-state index is 13.2. The largest absolute Gasteiger partial charge is 0.573 e. The minimum atomic E-state index is -4.83. The lowest BCUT2D eigenvalue weighted by molar-refractivity contribution is -0.303. The number of nitrogens with two attached hydrogens (primary N) is 1. The third-order valence-electron chi connectivity index (χ3n) is 5.68. The summed E-state index contributed by atoms with van der Waals surface area (Å²) in [5, 5.41) is 7.17. The number of amides is 1. The van der Waals surface area contributed by atoms with Crippen molar-refractivity contribution in [3.63, 3.8) is 0 Å². The number of carbonyl (C=O) groups excluding carboxylic acids is 1. The molecular weight excluding hydrogens is 439 g/mol. The van der Waals surface area contributed by atoms with Crippen LogP contribution >= 0.6 is 0 Å². The average molecular weight is 463 g/mol. The molecule has 2 aromatic heterocycles. The number of aryl methyl sites for hydroxylation is 1. The molecular formula is C21H24F3N7O2. The number of nitrogens with zero attached hydrogens (tertiary/aromatic N) is 5. The van der Waals surface area contributed by atoms with Crippen molar-refractivity contribution in [1.82, 2.24) is 30.0 Å². The predicted molar refractivity (Wildman–Crippen MR) is 111 cm³/mol. The van der Waals surface area contributed by atoms with Gasteiger partial charge in [0.25, 0.3) is 0 Å². The molecule has 1 saturated carbocycles. The van der Waals surface area contributed by atoms with E-state index < -0.39 is 24.2 Å². The zero-order chi connectivity index (χ0) is 23.9. The minimum absolute atomic E-state index is 0.183. The topological polar surface area (TPSA) is 121 Å². The van der Waals surface area contributed by atoms with E-state index in [-0.39, 0.29) is 23.4 Å². The second kappa shape index (κ2) is 8.49. The van der Waals surface area contributed by atoms with Crippen LogP contribution in [-0.4, -0.2) is 37.0 Å². The molecule has 33 heavy (non-hydrogen) atoms. The highest BCUT2D eigenvalue weighted by Crippen LogP contribution is 2.45. The number of hydrogen-bond acceptors (Lipinski definition) is 7. The van der Waals surface area contributed by atoms with Gasteiger partial charge < -0.3 is 15.8 Å². The van der Waals surface area contributed by atoms with Crippen molar-refractivity contribution in [2.24, 2.45) is 17.8 Å². The Morgan fingerprint density at radius 3 is 2.70 bits per heavy atom. The quantitative estimate of drug-likeness (QED) is 0.675. The van der Waals surface area contributed by atoms with Crippen LogP contribution in [0.4, 0.5) is 19.0 Å². The highest BCUT2D eigenvalue weighted by Gasteiger charge is 2.40. The van der Waals surface area contributed by atoms with E-state index in [1.165, 1.54) is 29.2 Å². The number of hydrogen-bond donors (Lipinski definition) is 2. The van der Waals surface area contributed by atoms with Gasteiger partial charge in [0.2, 0.25) is 5.91 Å². The molecule has 0 aliphatic heterocycles. The van der Waals surface area contributed by atoms with Gasteiger partial charge in [0.15, 0.2) is 11.6 Å². The van der Waals surface area contributed by atoms with Gasteiger partial charge in [0.1, 0.15) is 23.7 Å². The van der Waals surface area contributed by atoms with E-state index in [0.717, 1.165) is 18.4 Å². The Labute approximate surface area is 187 Å². The number of allylic oxidation sites excluding steroid dienone is 2. The average Bonchev–Trinajstić information content (AvgIpc) is 3.48. The van der Waals surface area contributed by atoms with E-state index in [4.69, 9.17) is 5.73 Å². The van der Waals surface area contributed by atoms with Gasteiger partial charge in [-0.15, -0.1) is 18.3 Å². The summed E-state index contributed by atoms with van der Waals surface area (Å²) in [6.45, 7) is 5.25. The first-order valence-electron chi connectivity index (χ1n) is 10.5. The van der Waals surface area contributed by atoms with Crippen LogP contribution in [0.5, 0.6) is 0 Å². The van der Waals surface area contributed by atoms with Crippen LogP contribution in [0.15, 0.2) is 35.9 Å². The summed E-state index contributed by atoms with van der Waals surface area (Å²) >= 11 is 0. The van der Waals surface area contributed by atoms with Gasteiger partial charge in [-0.1, -0.05) is 12.5 Å². The summed E-state index contributed by atoms with van der Waals surface area (Å²) in [7, 11) is 0. The van der Waals surface area contributed by atoms with Crippen molar-refractivity contribution >= 4 is 11.7 Å². The van der Waals surface area contributed by atoms with Gasteiger partial charge in [-0.3, -0.25) is 4.79 Å². The zero-order valence-corrected chi connectivity index (χ0v) is 18.3. The van der Waals surface area contributed by atoms with Gasteiger partial charge in [-0.25, -0.2) is 15.0 Å². The molecule has 0 aromatic carbocycles. The molecule has 3 atom stereocenters. The van der Waals surface area contributed by atoms with Crippen LogP contribution in [0.1, 0.15) is 44.4 Å². The van der Waals surface area contributed by atoms with Crippen molar-refractivity contribution < 1.29 is 22.7 Å². The fraction of sp³-hybridized carbons (Fsp3) is 0.476. The Bertz CT molecular complexity index is 1120. The van der Waals surface area contributed by atoms with Gasteiger partial charge in [-0.05, 0) is 50.7 Å². The molecule has 3 N–H and O–H groups in total. The molecule has 9 nitrogen and oxygen atoms in total. The number of rotatable bonds is 6. The molecule has 0 spiro atoms. The first-order chi connectivity index (χ1) is 15.5. The van der Waals surface area contributed by atoms with Gasteiger partial charge >= 0.3 is 6.36 Å². The molecule has 1 fully saturated rings. The predicted octanol–water partition coefficient (Wildman–Crippen LogP) is 3.15. The minimum Gasteiger partial charge on any atom is -0.406 e. The molecule has 2 aromatic rings. The van der Waals surface area contributed by atoms with E-state index in [0.29, 0.717) is 17.5 Å². The van der Waals surface area contributed by atoms with Crippen molar-refractivity contribution in [3.8, 4) is 5.82 Å². The van der Waals surface area contributed by atoms with Gasteiger partial charge in [-0.2, -0.15) is 4.68 Å².